The third kappa shape index (κ3) is 2.75. The van der Waals surface area contributed by atoms with Gasteiger partial charge in [-0.3, -0.25) is 14.5 Å². The quantitative estimate of drug-likeness (QED) is 0.933. The SMILES string of the molecule is CCC1C(=O)NC(C)(CC)C(=O)N1c1cc(F)cc(Cl)c1. The molecule has 1 heterocycles. The van der Waals surface area contributed by atoms with Gasteiger partial charge in [-0.05, 0) is 38.0 Å². The highest BCUT2D eigenvalue weighted by Gasteiger charge is 2.47. The Morgan fingerprint density at radius 3 is 2.52 bits per heavy atom. The maximum absolute atomic E-state index is 13.6. The van der Waals surface area contributed by atoms with Crippen molar-refractivity contribution in [3.8, 4) is 0 Å². The molecule has 0 bridgehead atoms. The van der Waals surface area contributed by atoms with Gasteiger partial charge in [-0.25, -0.2) is 4.39 Å². The molecule has 21 heavy (non-hydrogen) atoms. The summed E-state index contributed by atoms with van der Waals surface area (Å²) in [5.41, 5.74) is -0.673. The third-order valence-corrected chi connectivity index (χ3v) is 4.14. The molecule has 1 aliphatic heterocycles. The van der Waals surface area contributed by atoms with Crippen LogP contribution in [-0.4, -0.2) is 23.4 Å². The fourth-order valence-electron chi connectivity index (χ4n) is 2.52. The first-order chi connectivity index (χ1) is 9.82. The lowest BCUT2D eigenvalue weighted by Gasteiger charge is -2.43. The van der Waals surface area contributed by atoms with E-state index in [1.807, 2.05) is 6.92 Å². The van der Waals surface area contributed by atoms with E-state index in [-0.39, 0.29) is 16.8 Å². The number of benzene rings is 1. The average Bonchev–Trinajstić information content (AvgIpc) is 2.41. The van der Waals surface area contributed by atoms with Crippen LogP contribution in [0, 0.1) is 5.82 Å². The maximum Gasteiger partial charge on any atom is 0.253 e. The highest BCUT2D eigenvalue weighted by molar-refractivity contribution is 6.31. The van der Waals surface area contributed by atoms with Crippen LogP contribution < -0.4 is 10.2 Å². The topological polar surface area (TPSA) is 49.4 Å². The summed E-state index contributed by atoms with van der Waals surface area (Å²) in [7, 11) is 0. The second-order valence-corrected chi connectivity index (χ2v) is 5.84. The van der Waals surface area contributed by atoms with Gasteiger partial charge in [0, 0.05) is 10.7 Å². The van der Waals surface area contributed by atoms with Crippen molar-refractivity contribution in [2.75, 3.05) is 4.90 Å². The van der Waals surface area contributed by atoms with Crippen LogP contribution in [0.1, 0.15) is 33.6 Å². The molecule has 1 fully saturated rings. The molecule has 4 nitrogen and oxygen atoms in total. The molecule has 0 saturated carbocycles. The van der Waals surface area contributed by atoms with Crippen molar-refractivity contribution < 1.29 is 14.0 Å². The first-order valence-corrected chi connectivity index (χ1v) is 7.32. The van der Waals surface area contributed by atoms with Gasteiger partial charge in [0.15, 0.2) is 0 Å². The van der Waals surface area contributed by atoms with E-state index < -0.39 is 17.4 Å². The van der Waals surface area contributed by atoms with Crippen LogP contribution >= 0.6 is 11.6 Å². The predicted octanol–water partition coefficient (Wildman–Crippen LogP) is 2.89. The molecule has 0 spiro atoms. The van der Waals surface area contributed by atoms with Gasteiger partial charge in [-0.15, -0.1) is 0 Å². The third-order valence-electron chi connectivity index (χ3n) is 3.92. The highest BCUT2D eigenvalue weighted by Crippen LogP contribution is 2.30. The molecule has 2 amide bonds. The van der Waals surface area contributed by atoms with Crippen molar-refractivity contribution in [3.63, 3.8) is 0 Å². The number of carbonyl (C=O) groups excluding carboxylic acids is 2. The largest absolute Gasteiger partial charge is 0.340 e. The van der Waals surface area contributed by atoms with Gasteiger partial charge in [-0.1, -0.05) is 25.4 Å². The van der Waals surface area contributed by atoms with E-state index in [0.717, 1.165) is 0 Å². The van der Waals surface area contributed by atoms with Crippen molar-refractivity contribution in [1.82, 2.24) is 5.32 Å². The molecule has 0 radical (unpaired) electrons. The number of nitrogens with one attached hydrogen (secondary N) is 1. The van der Waals surface area contributed by atoms with Crippen molar-refractivity contribution in [1.29, 1.82) is 0 Å². The van der Waals surface area contributed by atoms with E-state index >= 15 is 0 Å². The maximum atomic E-state index is 13.6. The summed E-state index contributed by atoms with van der Waals surface area (Å²) in [6.07, 6.45) is 0.888. The second kappa shape index (κ2) is 5.64. The van der Waals surface area contributed by atoms with E-state index in [9.17, 15) is 14.0 Å². The number of rotatable bonds is 3. The summed E-state index contributed by atoms with van der Waals surface area (Å²) in [6, 6.07) is 3.23. The summed E-state index contributed by atoms with van der Waals surface area (Å²) in [6.45, 7) is 5.30. The lowest BCUT2D eigenvalue weighted by atomic mass is 9.90. The van der Waals surface area contributed by atoms with Gasteiger partial charge < -0.3 is 5.32 Å². The Hall–Kier alpha value is -1.62. The Morgan fingerprint density at radius 2 is 2.00 bits per heavy atom. The zero-order chi connectivity index (χ0) is 15.8. The number of carbonyl (C=O) groups is 2. The van der Waals surface area contributed by atoms with Crippen LogP contribution in [-0.2, 0) is 9.59 Å². The van der Waals surface area contributed by atoms with Gasteiger partial charge in [0.2, 0.25) is 5.91 Å². The van der Waals surface area contributed by atoms with Gasteiger partial charge in [0.05, 0.1) is 0 Å². The van der Waals surface area contributed by atoms with Crippen LogP contribution in [0.3, 0.4) is 0 Å². The number of piperazine rings is 1. The molecule has 0 aliphatic carbocycles. The summed E-state index contributed by atoms with van der Waals surface area (Å²) in [5.74, 6) is -1.02. The molecular weight excluding hydrogens is 295 g/mol. The molecule has 6 heteroatoms. The lowest BCUT2D eigenvalue weighted by molar-refractivity contribution is -0.138. The Morgan fingerprint density at radius 1 is 1.33 bits per heavy atom. The summed E-state index contributed by atoms with van der Waals surface area (Å²) < 4.78 is 13.6. The van der Waals surface area contributed by atoms with Crippen LogP contribution in [0.5, 0.6) is 0 Å². The van der Waals surface area contributed by atoms with Crippen molar-refractivity contribution in [3.05, 3.63) is 29.0 Å². The highest BCUT2D eigenvalue weighted by atomic mass is 35.5. The zero-order valence-electron chi connectivity index (χ0n) is 12.2. The minimum Gasteiger partial charge on any atom is -0.340 e. The van der Waals surface area contributed by atoms with E-state index in [1.54, 1.807) is 13.8 Å². The van der Waals surface area contributed by atoms with Crippen LogP contribution in [0.15, 0.2) is 18.2 Å². The van der Waals surface area contributed by atoms with Gasteiger partial charge in [0.25, 0.3) is 5.91 Å². The second-order valence-electron chi connectivity index (χ2n) is 5.40. The number of hydrogen-bond donors (Lipinski definition) is 1. The molecule has 1 N–H and O–H groups in total. The summed E-state index contributed by atoms with van der Waals surface area (Å²) >= 11 is 5.87. The fourth-order valence-corrected chi connectivity index (χ4v) is 2.73. The van der Waals surface area contributed by atoms with Crippen molar-refractivity contribution in [2.45, 2.75) is 45.2 Å². The lowest BCUT2D eigenvalue weighted by Crippen LogP contribution is -2.69. The minimum atomic E-state index is -0.985. The molecule has 1 aliphatic rings. The standard InChI is InChI=1S/C15H18ClFN2O2/c1-4-12-13(20)18-15(3,5-2)14(21)19(12)11-7-9(16)6-10(17)8-11/h6-8,12H,4-5H2,1-3H3,(H,18,20). The normalized spacial score (nSPS) is 26.0. The number of anilines is 1. The Labute approximate surface area is 128 Å². The molecule has 2 atom stereocenters. The first kappa shape index (κ1) is 15.8. The molecule has 1 saturated heterocycles. The van der Waals surface area contributed by atoms with Gasteiger partial charge in [0.1, 0.15) is 17.4 Å². The fraction of sp³-hybridized carbons (Fsp3) is 0.467. The monoisotopic (exact) mass is 312 g/mol. The number of amides is 2. The van der Waals surface area contributed by atoms with Crippen LogP contribution in [0.2, 0.25) is 5.02 Å². The molecule has 1 aromatic rings. The first-order valence-electron chi connectivity index (χ1n) is 6.94. The van der Waals surface area contributed by atoms with Crippen LogP contribution in [0.4, 0.5) is 10.1 Å². The molecule has 2 unspecified atom stereocenters. The average molecular weight is 313 g/mol. The summed E-state index contributed by atoms with van der Waals surface area (Å²) in [4.78, 5) is 26.4. The minimum absolute atomic E-state index is 0.192. The number of hydrogen-bond acceptors (Lipinski definition) is 2. The zero-order valence-corrected chi connectivity index (χ0v) is 13.0. The van der Waals surface area contributed by atoms with E-state index in [4.69, 9.17) is 11.6 Å². The molecule has 114 valence electrons. The van der Waals surface area contributed by atoms with Crippen molar-refractivity contribution in [2.24, 2.45) is 0 Å². The van der Waals surface area contributed by atoms with E-state index in [2.05, 4.69) is 5.32 Å². The summed E-state index contributed by atoms with van der Waals surface area (Å²) in [5, 5.41) is 2.96. The molecule has 1 aromatic carbocycles. The smallest absolute Gasteiger partial charge is 0.253 e. The Kier molecular flexibility index (Phi) is 4.23. The van der Waals surface area contributed by atoms with Gasteiger partial charge in [-0.2, -0.15) is 0 Å². The molecule has 0 aromatic heterocycles. The van der Waals surface area contributed by atoms with E-state index in [1.165, 1.54) is 23.1 Å². The van der Waals surface area contributed by atoms with Gasteiger partial charge >= 0.3 is 0 Å². The Balaban J connectivity index is 2.54. The molecular formula is C15H18ClFN2O2. The number of halogens is 2. The van der Waals surface area contributed by atoms with Crippen molar-refractivity contribution >= 4 is 29.1 Å². The Bertz CT molecular complexity index is 573. The molecule has 2 rings (SSSR count). The number of nitrogens with zero attached hydrogens (tertiary/aromatic N) is 1. The van der Waals surface area contributed by atoms with Crippen LogP contribution in [0.25, 0.3) is 0 Å². The predicted molar refractivity (Wildman–Crippen MR) is 79.8 cm³/mol. The van der Waals surface area contributed by atoms with E-state index in [0.29, 0.717) is 18.5 Å².